The second-order valence-corrected chi connectivity index (χ2v) is 5.85. The molecular formula is C13H13Cl2N3S. The normalized spacial score (nSPS) is 10.6. The first-order valence-corrected chi connectivity index (χ1v) is 7.24. The van der Waals surface area contributed by atoms with Gasteiger partial charge in [0.2, 0.25) is 0 Å². The Kier molecular flexibility index (Phi) is 4.55. The standard InChI is InChI=1S/C13H13Cl2N3S/c1-7-12(16-3)17-8(2)18-13(7)19-11-6-9(14)4-5-10(11)15/h4-6H,1-3H3,(H,16,17,18). The van der Waals surface area contributed by atoms with Gasteiger partial charge in [0.05, 0.1) is 5.02 Å². The Morgan fingerprint density at radius 2 is 1.89 bits per heavy atom. The number of aryl methyl sites for hydroxylation is 1. The summed E-state index contributed by atoms with van der Waals surface area (Å²) < 4.78 is 0. The van der Waals surface area contributed by atoms with Crippen LogP contribution in [0.4, 0.5) is 5.82 Å². The van der Waals surface area contributed by atoms with Crippen LogP contribution < -0.4 is 5.32 Å². The van der Waals surface area contributed by atoms with E-state index in [4.69, 9.17) is 23.2 Å². The van der Waals surface area contributed by atoms with Crippen molar-refractivity contribution in [1.29, 1.82) is 0 Å². The molecule has 2 aromatic rings. The van der Waals surface area contributed by atoms with Gasteiger partial charge in [0.15, 0.2) is 0 Å². The second kappa shape index (κ2) is 5.99. The van der Waals surface area contributed by atoms with E-state index in [0.717, 1.165) is 27.1 Å². The maximum absolute atomic E-state index is 6.17. The van der Waals surface area contributed by atoms with Gasteiger partial charge in [-0.25, -0.2) is 9.97 Å². The minimum atomic E-state index is 0.657. The van der Waals surface area contributed by atoms with Crippen LogP contribution in [0.1, 0.15) is 11.4 Å². The predicted molar refractivity (Wildman–Crippen MR) is 81.6 cm³/mol. The maximum Gasteiger partial charge on any atom is 0.133 e. The van der Waals surface area contributed by atoms with Crippen molar-refractivity contribution < 1.29 is 0 Å². The lowest BCUT2D eigenvalue weighted by Gasteiger charge is -2.11. The highest BCUT2D eigenvalue weighted by Crippen LogP contribution is 2.36. The van der Waals surface area contributed by atoms with Crippen molar-refractivity contribution in [1.82, 2.24) is 9.97 Å². The molecule has 0 aliphatic rings. The van der Waals surface area contributed by atoms with Gasteiger partial charge in [-0.2, -0.15) is 0 Å². The van der Waals surface area contributed by atoms with Gasteiger partial charge in [0.1, 0.15) is 16.7 Å². The van der Waals surface area contributed by atoms with Crippen LogP contribution >= 0.6 is 35.0 Å². The van der Waals surface area contributed by atoms with Gasteiger partial charge in [0.25, 0.3) is 0 Å². The minimum absolute atomic E-state index is 0.657. The molecule has 2 rings (SSSR count). The Morgan fingerprint density at radius 3 is 2.58 bits per heavy atom. The Morgan fingerprint density at radius 1 is 1.16 bits per heavy atom. The molecule has 3 nitrogen and oxygen atoms in total. The summed E-state index contributed by atoms with van der Waals surface area (Å²) in [5.74, 6) is 1.55. The highest BCUT2D eigenvalue weighted by Gasteiger charge is 2.11. The zero-order chi connectivity index (χ0) is 14.0. The molecule has 0 unspecified atom stereocenters. The molecule has 0 aliphatic heterocycles. The molecule has 0 amide bonds. The average molecular weight is 314 g/mol. The summed E-state index contributed by atoms with van der Waals surface area (Å²) in [5, 5.41) is 5.26. The molecule has 1 N–H and O–H groups in total. The predicted octanol–water partition coefficient (Wildman–Crippen LogP) is 4.59. The monoisotopic (exact) mass is 313 g/mol. The number of halogens is 2. The molecule has 0 fully saturated rings. The number of hydrogen-bond donors (Lipinski definition) is 1. The third-order valence-electron chi connectivity index (χ3n) is 2.55. The quantitative estimate of drug-likeness (QED) is 0.841. The van der Waals surface area contributed by atoms with Crippen LogP contribution in [0.3, 0.4) is 0 Å². The topological polar surface area (TPSA) is 37.8 Å². The fourth-order valence-electron chi connectivity index (χ4n) is 1.61. The Labute approximate surface area is 126 Å². The van der Waals surface area contributed by atoms with E-state index in [1.54, 1.807) is 12.1 Å². The summed E-state index contributed by atoms with van der Waals surface area (Å²) >= 11 is 13.7. The molecule has 0 radical (unpaired) electrons. The Hall–Kier alpha value is -0.970. The van der Waals surface area contributed by atoms with E-state index in [1.807, 2.05) is 27.0 Å². The minimum Gasteiger partial charge on any atom is -0.373 e. The lowest BCUT2D eigenvalue weighted by Crippen LogP contribution is -2.02. The number of anilines is 1. The van der Waals surface area contributed by atoms with Gasteiger partial charge < -0.3 is 5.32 Å². The number of rotatable bonds is 3. The summed E-state index contributed by atoms with van der Waals surface area (Å²) in [4.78, 5) is 9.68. The van der Waals surface area contributed by atoms with E-state index >= 15 is 0 Å². The fourth-order valence-corrected chi connectivity index (χ4v) is 3.06. The van der Waals surface area contributed by atoms with Crippen molar-refractivity contribution in [3.63, 3.8) is 0 Å². The van der Waals surface area contributed by atoms with E-state index in [9.17, 15) is 0 Å². The van der Waals surface area contributed by atoms with Crippen molar-refractivity contribution in [2.45, 2.75) is 23.8 Å². The van der Waals surface area contributed by atoms with Crippen LogP contribution in [0.25, 0.3) is 0 Å². The van der Waals surface area contributed by atoms with Gasteiger partial charge in [-0.1, -0.05) is 35.0 Å². The Bertz CT molecular complexity index is 617. The molecule has 0 aliphatic carbocycles. The molecule has 0 spiro atoms. The lowest BCUT2D eigenvalue weighted by atomic mass is 10.3. The van der Waals surface area contributed by atoms with Crippen molar-refractivity contribution in [3.8, 4) is 0 Å². The van der Waals surface area contributed by atoms with Crippen molar-refractivity contribution in [3.05, 3.63) is 39.6 Å². The third-order valence-corrected chi connectivity index (χ3v) is 4.37. The van der Waals surface area contributed by atoms with Gasteiger partial charge >= 0.3 is 0 Å². The zero-order valence-corrected chi connectivity index (χ0v) is 13.1. The Balaban J connectivity index is 2.43. The maximum atomic E-state index is 6.17. The van der Waals surface area contributed by atoms with Crippen LogP contribution in [-0.2, 0) is 0 Å². The smallest absolute Gasteiger partial charge is 0.133 e. The first-order chi connectivity index (χ1) is 9.01. The average Bonchev–Trinajstić information content (AvgIpc) is 2.37. The summed E-state index contributed by atoms with van der Waals surface area (Å²) in [6, 6.07) is 5.39. The molecule has 0 saturated carbocycles. The molecular weight excluding hydrogens is 301 g/mol. The van der Waals surface area contributed by atoms with Gasteiger partial charge in [-0.15, -0.1) is 0 Å². The molecule has 19 heavy (non-hydrogen) atoms. The molecule has 0 bridgehead atoms. The van der Waals surface area contributed by atoms with Crippen LogP contribution in [0, 0.1) is 13.8 Å². The summed E-state index contributed by atoms with van der Waals surface area (Å²) in [5.41, 5.74) is 0.995. The molecule has 6 heteroatoms. The lowest BCUT2D eigenvalue weighted by molar-refractivity contribution is 0.940. The number of aromatic nitrogens is 2. The zero-order valence-electron chi connectivity index (χ0n) is 10.8. The number of nitrogens with zero attached hydrogens (tertiary/aromatic N) is 2. The first-order valence-electron chi connectivity index (χ1n) is 5.67. The second-order valence-electron chi connectivity index (χ2n) is 3.98. The van der Waals surface area contributed by atoms with Crippen LogP contribution in [0.2, 0.25) is 10.0 Å². The summed E-state index contributed by atoms with van der Waals surface area (Å²) in [6.45, 7) is 3.84. The SMILES string of the molecule is CNc1nc(C)nc(Sc2cc(Cl)ccc2Cl)c1C. The summed E-state index contributed by atoms with van der Waals surface area (Å²) in [7, 11) is 1.84. The number of benzene rings is 1. The van der Waals surface area contributed by atoms with Gasteiger partial charge in [-0.3, -0.25) is 0 Å². The highest BCUT2D eigenvalue weighted by molar-refractivity contribution is 7.99. The molecule has 0 saturated heterocycles. The van der Waals surface area contributed by atoms with Crippen molar-refractivity contribution in [2.75, 3.05) is 12.4 Å². The van der Waals surface area contributed by atoms with Crippen LogP contribution in [0.5, 0.6) is 0 Å². The van der Waals surface area contributed by atoms with Gasteiger partial charge in [0, 0.05) is 22.5 Å². The van der Waals surface area contributed by atoms with E-state index in [-0.39, 0.29) is 0 Å². The summed E-state index contributed by atoms with van der Waals surface area (Å²) in [6.07, 6.45) is 0. The number of hydrogen-bond acceptors (Lipinski definition) is 4. The molecule has 1 aromatic carbocycles. The largest absolute Gasteiger partial charge is 0.373 e. The van der Waals surface area contributed by atoms with Crippen molar-refractivity contribution >= 4 is 40.8 Å². The van der Waals surface area contributed by atoms with E-state index in [1.165, 1.54) is 11.8 Å². The highest BCUT2D eigenvalue weighted by atomic mass is 35.5. The van der Waals surface area contributed by atoms with E-state index < -0.39 is 0 Å². The molecule has 100 valence electrons. The van der Waals surface area contributed by atoms with Crippen LogP contribution in [0.15, 0.2) is 28.1 Å². The van der Waals surface area contributed by atoms with Crippen LogP contribution in [-0.4, -0.2) is 17.0 Å². The number of nitrogens with one attached hydrogen (secondary N) is 1. The first kappa shape index (κ1) is 14.4. The molecule has 0 atom stereocenters. The van der Waals surface area contributed by atoms with Crippen molar-refractivity contribution in [2.24, 2.45) is 0 Å². The van der Waals surface area contributed by atoms with Gasteiger partial charge in [-0.05, 0) is 32.0 Å². The third kappa shape index (κ3) is 3.32. The molecule has 1 heterocycles. The fraction of sp³-hybridized carbons (Fsp3) is 0.231. The van der Waals surface area contributed by atoms with E-state index in [0.29, 0.717) is 10.0 Å². The molecule has 1 aromatic heterocycles. The van der Waals surface area contributed by atoms with E-state index in [2.05, 4.69) is 15.3 Å².